The van der Waals surface area contributed by atoms with Crippen LogP contribution < -0.4 is 29.7 Å². The minimum Gasteiger partial charge on any atom is -0.493 e. The summed E-state index contributed by atoms with van der Waals surface area (Å²) in [5, 5.41) is 6.38. The number of hydrazone groups is 1. The molecule has 1 aliphatic heterocycles. The van der Waals surface area contributed by atoms with Crippen molar-refractivity contribution < 1.29 is 28.5 Å². The summed E-state index contributed by atoms with van der Waals surface area (Å²) in [5.41, 5.74) is 3.42. The zero-order chi connectivity index (χ0) is 19.9. The number of ether oxygens (including phenoxy) is 4. The Morgan fingerprint density at radius 1 is 1.07 bits per heavy atom. The van der Waals surface area contributed by atoms with Crippen LogP contribution in [0.15, 0.2) is 41.5 Å². The monoisotopic (exact) mass is 385 g/mol. The number of carbonyl (C=O) groups excluding carboxylic acids is 2. The van der Waals surface area contributed by atoms with Crippen LogP contribution in [0.2, 0.25) is 0 Å². The zero-order valence-electron chi connectivity index (χ0n) is 15.4. The van der Waals surface area contributed by atoms with E-state index in [9.17, 15) is 9.59 Å². The summed E-state index contributed by atoms with van der Waals surface area (Å²) in [4.78, 5) is 24.0. The number of rotatable bonds is 7. The molecule has 0 aromatic heterocycles. The van der Waals surface area contributed by atoms with Gasteiger partial charge >= 0.3 is 0 Å². The smallest absolute Gasteiger partial charge is 0.259 e. The first kappa shape index (κ1) is 19.0. The van der Waals surface area contributed by atoms with Crippen molar-refractivity contribution in [2.75, 3.05) is 27.6 Å². The van der Waals surface area contributed by atoms with Gasteiger partial charge in [0, 0.05) is 5.56 Å². The minimum absolute atomic E-state index is 0.126. The van der Waals surface area contributed by atoms with Crippen LogP contribution in [0, 0.1) is 0 Å². The standard InChI is InChI=1S/C19H19N3O6/c1-25-14-5-3-12(7-16(14)26-2)9-21-22-18(23)10-20-19(24)13-4-6-15-17(8-13)28-11-27-15/h3-9H,10-11H2,1-2H3,(H,20,24)(H,22,23)/b21-9+. The van der Waals surface area contributed by atoms with Crippen molar-refractivity contribution >= 4 is 18.0 Å². The van der Waals surface area contributed by atoms with Gasteiger partial charge in [0.15, 0.2) is 23.0 Å². The summed E-state index contributed by atoms with van der Waals surface area (Å²) in [5.74, 6) is 1.35. The van der Waals surface area contributed by atoms with E-state index < -0.39 is 11.8 Å². The van der Waals surface area contributed by atoms with Gasteiger partial charge in [0.2, 0.25) is 6.79 Å². The van der Waals surface area contributed by atoms with Crippen LogP contribution in [0.25, 0.3) is 0 Å². The van der Waals surface area contributed by atoms with Crippen LogP contribution >= 0.6 is 0 Å². The Balaban J connectivity index is 1.49. The van der Waals surface area contributed by atoms with Crippen LogP contribution in [-0.2, 0) is 4.79 Å². The SMILES string of the molecule is COc1ccc(/C=N/NC(=O)CNC(=O)c2ccc3c(c2)OCO3)cc1OC. The lowest BCUT2D eigenvalue weighted by atomic mass is 10.2. The largest absolute Gasteiger partial charge is 0.493 e. The molecule has 0 saturated heterocycles. The summed E-state index contributed by atoms with van der Waals surface area (Å²) < 4.78 is 20.8. The van der Waals surface area contributed by atoms with Gasteiger partial charge in [-0.1, -0.05) is 0 Å². The number of hydrogen-bond acceptors (Lipinski definition) is 7. The van der Waals surface area contributed by atoms with Gasteiger partial charge in [-0.05, 0) is 42.0 Å². The number of methoxy groups -OCH3 is 2. The lowest BCUT2D eigenvalue weighted by Gasteiger charge is -2.07. The third-order valence-electron chi connectivity index (χ3n) is 3.85. The van der Waals surface area contributed by atoms with Gasteiger partial charge in [-0.3, -0.25) is 9.59 Å². The molecule has 0 spiro atoms. The summed E-state index contributed by atoms with van der Waals surface area (Å²) in [6.45, 7) is -0.0998. The minimum atomic E-state index is -0.467. The highest BCUT2D eigenvalue weighted by Gasteiger charge is 2.16. The lowest BCUT2D eigenvalue weighted by Crippen LogP contribution is -2.34. The number of amides is 2. The molecule has 2 N–H and O–H groups in total. The summed E-state index contributed by atoms with van der Waals surface area (Å²) in [6.07, 6.45) is 1.46. The first-order valence-electron chi connectivity index (χ1n) is 8.32. The fourth-order valence-corrected chi connectivity index (χ4v) is 2.45. The van der Waals surface area contributed by atoms with E-state index in [1.807, 2.05) is 0 Å². The molecule has 3 rings (SSSR count). The van der Waals surface area contributed by atoms with E-state index >= 15 is 0 Å². The fourth-order valence-electron chi connectivity index (χ4n) is 2.45. The average molecular weight is 385 g/mol. The van der Waals surface area contributed by atoms with Gasteiger partial charge in [-0.2, -0.15) is 5.10 Å². The maximum Gasteiger partial charge on any atom is 0.259 e. The summed E-state index contributed by atoms with van der Waals surface area (Å²) >= 11 is 0. The fraction of sp³-hybridized carbons (Fsp3) is 0.211. The average Bonchev–Trinajstić information content (AvgIpc) is 3.19. The first-order chi connectivity index (χ1) is 13.6. The molecule has 0 radical (unpaired) electrons. The zero-order valence-corrected chi connectivity index (χ0v) is 15.4. The molecule has 9 nitrogen and oxygen atoms in total. The topological polar surface area (TPSA) is 107 Å². The lowest BCUT2D eigenvalue weighted by molar-refractivity contribution is -0.120. The van der Waals surface area contributed by atoms with Gasteiger partial charge in [0.1, 0.15) is 0 Å². The molecule has 2 aromatic rings. The van der Waals surface area contributed by atoms with Crippen LogP contribution in [0.3, 0.4) is 0 Å². The van der Waals surface area contributed by atoms with Gasteiger partial charge in [-0.25, -0.2) is 5.43 Å². The van der Waals surface area contributed by atoms with Crippen molar-refractivity contribution in [1.82, 2.24) is 10.7 Å². The highest BCUT2D eigenvalue weighted by atomic mass is 16.7. The maximum absolute atomic E-state index is 12.1. The second-order valence-electron chi connectivity index (χ2n) is 5.66. The molecule has 9 heteroatoms. The molecule has 0 saturated carbocycles. The van der Waals surface area contributed by atoms with Crippen molar-refractivity contribution in [3.05, 3.63) is 47.5 Å². The van der Waals surface area contributed by atoms with E-state index in [1.165, 1.54) is 13.3 Å². The van der Waals surface area contributed by atoms with E-state index in [0.29, 0.717) is 34.1 Å². The number of benzene rings is 2. The Morgan fingerprint density at radius 3 is 2.64 bits per heavy atom. The quantitative estimate of drug-likeness (QED) is 0.550. The number of nitrogens with zero attached hydrogens (tertiary/aromatic N) is 1. The third-order valence-corrected chi connectivity index (χ3v) is 3.85. The Morgan fingerprint density at radius 2 is 1.86 bits per heavy atom. The number of nitrogens with one attached hydrogen (secondary N) is 2. The molecule has 0 aliphatic carbocycles. The number of hydrogen-bond donors (Lipinski definition) is 2. The number of fused-ring (bicyclic) bond motifs is 1. The van der Waals surface area contributed by atoms with Crippen LogP contribution in [0.1, 0.15) is 15.9 Å². The van der Waals surface area contributed by atoms with E-state index in [-0.39, 0.29) is 13.3 Å². The predicted molar refractivity (Wildman–Crippen MR) is 100 cm³/mol. The molecule has 1 aliphatic rings. The Labute approximate surface area is 161 Å². The van der Waals surface area contributed by atoms with Gasteiger partial charge < -0.3 is 24.3 Å². The van der Waals surface area contributed by atoms with E-state index in [1.54, 1.807) is 43.5 Å². The maximum atomic E-state index is 12.1. The van der Waals surface area contributed by atoms with E-state index in [4.69, 9.17) is 18.9 Å². The van der Waals surface area contributed by atoms with Crippen LogP contribution in [-0.4, -0.2) is 45.6 Å². The molecule has 2 amide bonds. The van der Waals surface area contributed by atoms with Crippen molar-refractivity contribution in [2.24, 2.45) is 5.10 Å². The highest BCUT2D eigenvalue weighted by Crippen LogP contribution is 2.32. The Kier molecular flexibility index (Phi) is 5.95. The van der Waals surface area contributed by atoms with Crippen LogP contribution in [0.4, 0.5) is 0 Å². The first-order valence-corrected chi connectivity index (χ1v) is 8.32. The van der Waals surface area contributed by atoms with Gasteiger partial charge in [-0.15, -0.1) is 0 Å². The molecular weight excluding hydrogens is 366 g/mol. The normalized spacial score (nSPS) is 11.9. The predicted octanol–water partition coefficient (Wildman–Crippen LogP) is 1.31. The summed E-state index contributed by atoms with van der Waals surface area (Å²) in [7, 11) is 3.08. The van der Waals surface area contributed by atoms with Crippen molar-refractivity contribution in [3.63, 3.8) is 0 Å². The molecular formula is C19H19N3O6. The van der Waals surface area contributed by atoms with Gasteiger partial charge in [0.05, 0.1) is 27.0 Å². The Bertz CT molecular complexity index is 913. The summed E-state index contributed by atoms with van der Waals surface area (Å²) in [6, 6.07) is 10.0. The van der Waals surface area contributed by atoms with Crippen LogP contribution in [0.5, 0.6) is 23.0 Å². The molecule has 0 fully saturated rings. The van der Waals surface area contributed by atoms with Gasteiger partial charge in [0.25, 0.3) is 11.8 Å². The molecule has 2 aromatic carbocycles. The molecule has 1 heterocycles. The molecule has 0 bridgehead atoms. The van der Waals surface area contributed by atoms with Crippen molar-refractivity contribution in [2.45, 2.75) is 0 Å². The molecule has 28 heavy (non-hydrogen) atoms. The molecule has 0 atom stereocenters. The second kappa shape index (κ2) is 8.76. The highest BCUT2D eigenvalue weighted by molar-refractivity contribution is 5.97. The van der Waals surface area contributed by atoms with E-state index in [0.717, 1.165) is 0 Å². The van der Waals surface area contributed by atoms with Crippen molar-refractivity contribution in [1.29, 1.82) is 0 Å². The van der Waals surface area contributed by atoms with Crippen molar-refractivity contribution in [3.8, 4) is 23.0 Å². The Hall–Kier alpha value is -3.75. The second-order valence-corrected chi connectivity index (χ2v) is 5.66. The third kappa shape index (κ3) is 4.50. The molecule has 0 unspecified atom stereocenters. The molecule has 146 valence electrons. The number of carbonyl (C=O) groups is 2. The van der Waals surface area contributed by atoms with E-state index in [2.05, 4.69) is 15.8 Å².